The maximum absolute atomic E-state index is 6.19. The average molecular weight is 210 g/mol. The Balaban J connectivity index is 2.37. The third kappa shape index (κ3) is 1.63. The smallest absolute Gasteiger partial charge is 0.137 e. The van der Waals surface area contributed by atoms with Gasteiger partial charge in [-0.1, -0.05) is 35.9 Å². The number of nitrogens with one attached hydrogen (secondary N) is 1. The molecule has 0 aromatic heterocycles. The average Bonchev–Trinajstić information content (AvgIpc) is 2.71. The Hall–Kier alpha value is -0.990. The lowest BCUT2D eigenvalue weighted by atomic mass is 10.1. The van der Waals surface area contributed by atoms with E-state index < -0.39 is 0 Å². The van der Waals surface area contributed by atoms with Gasteiger partial charge in [0.15, 0.2) is 0 Å². The standard InChI is InChI=1S/C11H12ClNO/c1-14-10-6-2-4-8(11(10)12)9-5-3-7-13-9/h2-6,9,13H,7H2,1H3/t9-/m0/s1. The molecule has 0 radical (unpaired) electrons. The van der Waals surface area contributed by atoms with Crippen LogP contribution in [-0.2, 0) is 0 Å². The molecule has 0 amide bonds. The fourth-order valence-corrected chi connectivity index (χ4v) is 1.93. The first-order chi connectivity index (χ1) is 6.83. The number of halogens is 1. The SMILES string of the molecule is COc1cccc([C@@H]2C=CCN2)c1Cl. The van der Waals surface area contributed by atoms with Crippen LogP contribution >= 0.6 is 11.6 Å². The summed E-state index contributed by atoms with van der Waals surface area (Å²) in [5.74, 6) is 0.728. The zero-order valence-electron chi connectivity index (χ0n) is 7.96. The van der Waals surface area contributed by atoms with Crippen LogP contribution in [0.1, 0.15) is 11.6 Å². The summed E-state index contributed by atoms with van der Waals surface area (Å²) >= 11 is 6.19. The lowest BCUT2D eigenvalue weighted by Gasteiger charge is -2.13. The van der Waals surface area contributed by atoms with Crippen LogP contribution in [0.4, 0.5) is 0 Å². The van der Waals surface area contributed by atoms with Crippen molar-refractivity contribution in [2.24, 2.45) is 0 Å². The molecular formula is C11H12ClNO. The summed E-state index contributed by atoms with van der Waals surface area (Å²) in [5, 5.41) is 4.01. The minimum atomic E-state index is 0.220. The van der Waals surface area contributed by atoms with Crippen LogP contribution in [0.25, 0.3) is 0 Å². The molecule has 3 heteroatoms. The first-order valence-electron chi connectivity index (χ1n) is 4.55. The van der Waals surface area contributed by atoms with E-state index in [1.165, 1.54) is 0 Å². The monoisotopic (exact) mass is 209 g/mol. The van der Waals surface area contributed by atoms with E-state index in [4.69, 9.17) is 16.3 Å². The second-order valence-electron chi connectivity index (χ2n) is 3.18. The molecule has 1 aromatic carbocycles. The highest BCUT2D eigenvalue weighted by Crippen LogP contribution is 2.32. The van der Waals surface area contributed by atoms with Gasteiger partial charge in [-0.3, -0.25) is 0 Å². The quantitative estimate of drug-likeness (QED) is 0.756. The van der Waals surface area contributed by atoms with E-state index in [-0.39, 0.29) is 6.04 Å². The lowest BCUT2D eigenvalue weighted by Crippen LogP contribution is -2.14. The molecular weight excluding hydrogens is 198 g/mol. The Morgan fingerprint density at radius 1 is 1.50 bits per heavy atom. The molecule has 0 unspecified atom stereocenters. The van der Waals surface area contributed by atoms with E-state index >= 15 is 0 Å². The zero-order valence-corrected chi connectivity index (χ0v) is 8.71. The molecule has 0 fully saturated rings. The Kier molecular flexibility index (Phi) is 2.75. The third-order valence-corrected chi connectivity index (χ3v) is 2.74. The van der Waals surface area contributed by atoms with Crippen molar-refractivity contribution < 1.29 is 4.74 Å². The fraction of sp³-hybridized carbons (Fsp3) is 0.273. The van der Waals surface area contributed by atoms with Gasteiger partial charge >= 0.3 is 0 Å². The summed E-state index contributed by atoms with van der Waals surface area (Å²) in [6, 6.07) is 6.05. The van der Waals surface area contributed by atoms with Gasteiger partial charge in [-0.2, -0.15) is 0 Å². The number of rotatable bonds is 2. The number of ether oxygens (including phenoxy) is 1. The molecule has 2 rings (SSSR count). The number of hydrogen-bond acceptors (Lipinski definition) is 2. The number of benzene rings is 1. The molecule has 0 spiro atoms. The van der Waals surface area contributed by atoms with Crippen LogP contribution in [0.15, 0.2) is 30.4 Å². The molecule has 1 aliphatic heterocycles. The van der Waals surface area contributed by atoms with Gasteiger partial charge in [0.25, 0.3) is 0 Å². The van der Waals surface area contributed by atoms with Gasteiger partial charge in [-0.15, -0.1) is 0 Å². The highest BCUT2D eigenvalue weighted by molar-refractivity contribution is 6.32. The third-order valence-electron chi connectivity index (χ3n) is 2.33. The van der Waals surface area contributed by atoms with Crippen molar-refractivity contribution in [1.82, 2.24) is 5.32 Å². The molecule has 74 valence electrons. The van der Waals surface area contributed by atoms with Crippen molar-refractivity contribution in [3.05, 3.63) is 40.9 Å². The van der Waals surface area contributed by atoms with Gasteiger partial charge in [0.1, 0.15) is 5.75 Å². The van der Waals surface area contributed by atoms with Crippen molar-refractivity contribution in [2.45, 2.75) is 6.04 Å². The van der Waals surface area contributed by atoms with Crippen molar-refractivity contribution in [3.8, 4) is 5.75 Å². The van der Waals surface area contributed by atoms with Gasteiger partial charge in [-0.25, -0.2) is 0 Å². The van der Waals surface area contributed by atoms with Crippen LogP contribution in [0.3, 0.4) is 0 Å². The maximum atomic E-state index is 6.19. The molecule has 1 heterocycles. The van der Waals surface area contributed by atoms with Crippen LogP contribution in [0.2, 0.25) is 5.02 Å². The summed E-state index contributed by atoms with van der Waals surface area (Å²) in [6.07, 6.45) is 4.21. The predicted molar refractivity (Wildman–Crippen MR) is 57.9 cm³/mol. The topological polar surface area (TPSA) is 21.3 Å². The summed E-state index contributed by atoms with van der Waals surface area (Å²) in [7, 11) is 1.63. The van der Waals surface area contributed by atoms with Crippen LogP contribution in [0, 0.1) is 0 Å². The molecule has 14 heavy (non-hydrogen) atoms. The van der Waals surface area contributed by atoms with Crippen molar-refractivity contribution in [3.63, 3.8) is 0 Å². The van der Waals surface area contributed by atoms with Gasteiger partial charge in [0.2, 0.25) is 0 Å². The second kappa shape index (κ2) is 4.03. The van der Waals surface area contributed by atoms with E-state index in [2.05, 4.69) is 17.5 Å². The van der Waals surface area contributed by atoms with Gasteiger partial charge in [0, 0.05) is 6.54 Å². The molecule has 1 N–H and O–H groups in total. The van der Waals surface area contributed by atoms with E-state index in [9.17, 15) is 0 Å². The van der Waals surface area contributed by atoms with Crippen LogP contribution in [0.5, 0.6) is 5.75 Å². The Morgan fingerprint density at radius 3 is 3.00 bits per heavy atom. The van der Waals surface area contributed by atoms with Crippen LogP contribution < -0.4 is 10.1 Å². The molecule has 2 nitrogen and oxygen atoms in total. The first kappa shape index (κ1) is 9.56. The normalized spacial score (nSPS) is 20.0. The number of methoxy groups -OCH3 is 1. The van der Waals surface area contributed by atoms with Gasteiger partial charge in [0.05, 0.1) is 18.2 Å². The lowest BCUT2D eigenvalue weighted by molar-refractivity contribution is 0.414. The maximum Gasteiger partial charge on any atom is 0.137 e. The zero-order chi connectivity index (χ0) is 9.97. The number of hydrogen-bond donors (Lipinski definition) is 1. The summed E-state index contributed by atoms with van der Waals surface area (Å²) < 4.78 is 5.16. The highest BCUT2D eigenvalue weighted by Gasteiger charge is 2.16. The Morgan fingerprint density at radius 2 is 2.36 bits per heavy atom. The minimum Gasteiger partial charge on any atom is -0.495 e. The van der Waals surface area contributed by atoms with Gasteiger partial charge < -0.3 is 10.1 Å². The van der Waals surface area contributed by atoms with Crippen molar-refractivity contribution in [2.75, 3.05) is 13.7 Å². The van der Waals surface area contributed by atoms with Gasteiger partial charge in [-0.05, 0) is 11.6 Å². The molecule has 1 aliphatic rings. The molecule has 0 bridgehead atoms. The second-order valence-corrected chi connectivity index (χ2v) is 3.56. The molecule has 0 saturated carbocycles. The van der Waals surface area contributed by atoms with Crippen LogP contribution in [-0.4, -0.2) is 13.7 Å². The van der Waals surface area contributed by atoms with Crippen molar-refractivity contribution in [1.29, 1.82) is 0 Å². The fourth-order valence-electron chi connectivity index (χ4n) is 1.61. The van der Waals surface area contributed by atoms with E-state index in [0.717, 1.165) is 17.9 Å². The molecule has 1 aromatic rings. The van der Waals surface area contributed by atoms with Crippen molar-refractivity contribution >= 4 is 11.6 Å². The summed E-state index contributed by atoms with van der Waals surface area (Å²) in [5.41, 5.74) is 1.07. The van der Waals surface area contributed by atoms with E-state index in [1.54, 1.807) is 7.11 Å². The molecule has 1 atom stereocenters. The largest absolute Gasteiger partial charge is 0.495 e. The Bertz CT molecular complexity index is 362. The Labute approximate surface area is 88.5 Å². The van der Waals surface area contributed by atoms with E-state index in [0.29, 0.717) is 5.02 Å². The summed E-state index contributed by atoms with van der Waals surface area (Å²) in [4.78, 5) is 0. The van der Waals surface area contributed by atoms with E-state index in [1.807, 2.05) is 18.2 Å². The first-order valence-corrected chi connectivity index (χ1v) is 4.93. The molecule has 0 saturated heterocycles. The predicted octanol–water partition coefficient (Wildman–Crippen LogP) is 2.55. The minimum absolute atomic E-state index is 0.220. The highest BCUT2D eigenvalue weighted by atomic mass is 35.5. The molecule has 0 aliphatic carbocycles. The summed E-state index contributed by atoms with van der Waals surface area (Å²) in [6.45, 7) is 0.901.